The van der Waals surface area contributed by atoms with Crippen molar-refractivity contribution < 1.29 is 0 Å². The molecule has 4 nitrogen and oxygen atoms in total. The van der Waals surface area contributed by atoms with E-state index in [9.17, 15) is 0 Å². The number of aromatic nitrogens is 2. The van der Waals surface area contributed by atoms with Crippen molar-refractivity contribution in [3.8, 4) is 39.3 Å². The van der Waals surface area contributed by atoms with E-state index in [1.165, 1.54) is 44.9 Å². The molecule has 1 unspecified atom stereocenters. The van der Waals surface area contributed by atoms with Gasteiger partial charge in [-0.3, -0.25) is 4.57 Å². The molecule has 4 heteroatoms. The summed E-state index contributed by atoms with van der Waals surface area (Å²) >= 11 is 0. The Morgan fingerprint density at radius 1 is 0.548 bits per heavy atom. The summed E-state index contributed by atoms with van der Waals surface area (Å²) in [5.74, 6) is 0.945. The van der Waals surface area contributed by atoms with E-state index in [1.807, 2.05) is 12.1 Å². The Labute approximate surface area is 244 Å². The van der Waals surface area contributed by atoms with Crippen molar-refractivity contribution in [2.75, 3.05) is 10.2 Å². The van der Waals surface area contributed by atoms with Crippen LogP contribution in [0.5, 0.6) is 0 Å². The molecule has 6 aromatic carbocycles. The fourth-order valence-corrected chi connectivity index (χ4v) is 6.63. The number of hydrogen-bond donors (Lipinski definition) is 1. The first-order valence-electron chi connectivity index (χ1n) is 14.4. The van der Waals surface area contributed by atoms with Gasteiger partial charge in [0.15, 0.2) is 0 Å². The monoisotopic (exact) mass is 538 g/mol. The molecule has 1 N–H and O–H groups in total. The van der Waals surface area contributed by atoms with Crippen LogP contribution in [-0.2, 0) is 0 Å². The third-order valence-electron chi connectivity index (χ3n) is 8.57. The first kappa shape index (κ1) is 23.1. The van der Waals surface area contributed by atoms with Crippen molar-refractivity contribution in [3.63, 3.8) is 0 Å². The number of imidazole rings is 1. The second-order valence-corrected chi connectivity index (χ2v) is 10.9. The summed E-state index contributed by atoms with van der Waals surface area (Å²) in [5, 5.41) is 3.76. The zero-order valence-corrected chi connectivity index (χ0v) is 22.8. The van der Waals surface area contributed by atoms with Crippen molar-refractivity contribution in [1.29, 1.82) is 0 Å². The Bertz CT molecular complexity index is 2130. The fraction of sp³-hybridized carbons (Fsp3) is 0.0263. The SMILES string of the molecule is c1ccc(-n2c(-c3ccc(-c4ccc5c(c4)-c4ccccc4N4c6ccccc6NC54)cc3)nc3ccccc32)cc1. The lowest BCUT2D eigenvalue weighted by atomic mass is 9.88. The summed E-state index contributed by atoms with van der Waals surface area (Å²) in [7, 11) is 0. The number of hydrogen-bond acceptors (Lipinski definition) is 3. The Balaban J connectivity index is 1.13. The van der Waals surface area contributed by atoms with E-state index in [4.69, 9.17) is 4.98 Å². The summed E-state index contributed by atoms with van der Waals surface area (Å²) in [5.41, 5.74) is 14.1. The van der Waals surface area contributed by atoms with Gasteiger partial charge in [-0.05, 0) is 65.2 Å². The number of fused-ring (bicyclic) bond motifs is 9. The van der Waals surface area contributed by atoms with Gasteiger partial charge in [-0.15, -0.1) is 0 Å². The Hall–Kier alpha value is -5.61. The van der Waals surface area contributed by atoms with Gasteiger partial charge in [-0.1, -0.05) is 97.1 Å². The minimum atomic E-state index is 0.0784. The van der Waals surface area contributed by atoms with Gasteiger partial charge in [0.2, 0.25) is 0 Å². The van der Waals surface area contributed by atoms with Crippen LogP contribution in [0.1, 0.15) is 11.7 Å². The maximum atomic E-state index is 5.04. The standard InChI is InChI=1S/C38H26N4/c1-2-10-28(11-3-1)41-35-16-8-5-13-32(35)39-37(41)26-20-18-25(19-21-26)27-22-23-30-31(24-27)29-12-4-7-15-34(29)42-36-17-9-6-14-33(36)40-38(30)42/h1-24,38,40H. The van der Waals surface area contributed by atoms with Gasteiger partial charge in [-0.2, -0.15) is 0 Å². The molecule has 2 aliphatic rings. The maximum absolute atomic E-state index is 5.04. The summed E-state index contributed by atoms with van der Waals surface area (Å²) < 4.78 is 2.25. The van der Waals surface area contributed by atoms with Crippen LogP contribution in [0.25, 0.3) is 50.4 Å². The van der Waals surface area contributed by atoms with E-state index in [0.29, 0.717) is 0 Å². The molecule has 42 heavy (non-hydrogen) atoms. The molecule has 2 aliphatic heterocycles. The molecular formula is C38H26N4. The van der Waals surface area contributed by atoms with E-state index < -0.39 is 0 Å². The Kier molecular flexibility index (Phi) is 4.93. The molecule has 198 valence electrons. The molecule has 7 aromatic rings. The van der Waals surface area contributed by atoms with Gasteiger partial charge in [0, 0.05) is 22.4 Å². The highest BCUT2D eigenvalue weighted by Crippen LogP contribution is 2.54. The molecule has 0 aliphatic carbocycles. The predicted octanol–water partition coefficient (Wildman–Crippen LogP) is 9.60. The number of nitrogens with zero attached hydrogens (tertiary/aromatic N) is 3. The van der Waals surface area contributed by atoms with Gasteiger partial charge in [-0.25, -0.2) is 4.98 Å². The minimum absolute atomic E-state index is 0.0784. The van der Waals surface area contributed by atoms with E-state index in [1.54, 1.807) is 0 Å². The van der Waals surface area contributed by atoms with E-state index >= 15 is 0 Å². The smallest absolute Gasteiger partial charge is 0.145 e. The molecule has 0 radical (unpaired) electrons. The van der Waals surface area contributed by atoms with Crippen LogP contribution < -0.4 is 10.2 Å². The summed E-state index contributed by atoms with van der Waals surface area (Å²) in [6, 6.07) is 51.8. The van der Waals surface area contributed by atoms with Crippen LogP contribution in [0.4, 0.5) is 17.1 Å². The van der Waals surface area contributed by atoms with E-state index in [0.717, 1.165) is 28.1 Å². The largest absolute Gasteiger partial charge is 0.359 e. The fourth-order valence-electron chi connectivity index (χ4n) is 6.63. The average Bonchev–Trinajstić information content (AvgIpc) is 3.65. The summed E-state index contributed by atoms with van der Waals surface area (Å²) in [4.78, 5) is 7.47. The van der Waals surface area contributed by atoms with Crippen LogP contribution >= 0.6 is 0 Å². The van der Waals surface area contributed by atoms with Crippen molar-refractivity contribution in [2.24, 2.45) is 0 Å². The predicted molar refractivity (Wildman–Crippen MR) is 172 cm³/mol. The quantitative estimate of drug-likeness (QED) is 0.243. The molecule has 0 fully saturated rings. The van der Waals surface area contributed by atoms with Gasteiger partial charge >= 0.3 is 0 Å². The molecule has 9 rings (SSSR count). The molecule has 1 aromatic heterocycles. The zero-order chi connectivity index (χ0) is 27.6. The first-order chi connectivity index (χ1) is 20.8. The van der Waals surface area contributed by atoms with Crippen molar-refractivity contribution in [3.05, 3.63) is 151 Å². The number of benzene rings is 6. The third kappa shape index (κ3) is 3.39. The topological polar surface area (TPSA) is 33.1 Å². The van der Waals surface area contributed by atoms with Gasteiger partial charge < -0.3 is 10.2 Å². The van der Waals surface area contributed by atoms with Crippen molar-refractivity contribution in [2.45, 2.75) is 6.17 Å². The molecule has 1 atom stereocenters. The first-order valence-corrected chi connectivity index (χ1v) is 14.4. The lowest BCUT2D eigenvalue weighted by Gasteiger charge is -2.35. The summed E-state index contributed by atoms with van der Waals surface area (Å²) in [6.45, 7) is 0. The van der Waals surface area contributed by atoms with Crippen LogP contribution in [0, 0.1) is 0 Å². The number of nitrogens with one attached hydrogen (secondary N) is 1. The Morgan fingerprint density at radius 2 is 1.24 bits per heavy atom. The highest BCUT2D eigenvalue weighted by molar-refractivity contribution is 5.95. The second-order valence-electron chi connectivity index (χ2n) is 10.9. The van der Waals surface area contributed by atoms with Gasteiger partial charge in [0.1, 0.15) is 12.0 Å². The van der Waals surface area contributed by atoms with Crippen LogP contribution in [0.3, 0.4) is 0 Å². The lowest BCUT2D eigenvalue weighted by Crippen LogP contribution is -2.27. The number of rotatable bonds is 3. The van der Waals surface area contributed by atoms with Crippen LogP contribution in [-0.4, -0.2) is 9.55 Å². The van der Waals surface area contributed by atoms with E-state index in [2.05, 4.69) is 148 Å². The van der Waals surface area contributed by atoms with Crippen LogP contribution in [0.15, 0.2) is 146 Å². The normalized spacial score (nSPS) is 14.6. The molecule has 0 saturated heterocycles. The lowest BCUT2D eigenvalue weighted by molar-refractivity contribution is 0.819. The van der Waals surface area contributed by atoms with Crippen molar-refractivity contribution in [1.82, 2.24) is 9.55 Å². The number of para-hydroxylation sites is 6. The maximum Gasteiger partial charge on any atom is 0.145 e. The van der Waals surface area contributed by atoms with Crippen molar-refractivity contribution >= 4 is 28.1 Å². The number of anilines is 3. The second kappa shape index (κ2) is 8.95. The highest BCUT2D eigenvalue weighted by Gasteiger charge is 2.37. The minimum Gasteiger partial charge on any atom is -0.359 e. The highest BCUT2D eigenvalue weighted by atomic mass is 15.3. The third-order valence-corrected chi connectivity index (χ3v) is 8.57. The molecule has 3 heterocycles. The molecular weight excluding hydrogens is 512 g/mol. The zero-order valence-electron chi connectivity index (χ0n) is 22.8. The molecule has 0 spiro atoms. The molecule has 0 bridgehead atoms. The summed E-state index contributed by atoms with van der Waals surface area (Å²) in [6.07, 6.45) is 0.0784. The van der Waals surface area contributed by atoms with Gasteiger partial charge in [0.25, 0.3) is 0 Å². The Morgan fingerprint density at radius 3 is 2.12 bits per heavy atom. The average molecular weight is 539 g/mol. The van der Waals surface area contributed by atoms with Crippen LogP contribution in [0.2, 0.25) is 0 Å². The van der Waals surface area contributed by atoms with E-state index in [-0.39, 0.29) is 6.17 Å². The molecule has 0 amide bonds. The van der Waals surface area contributed by atoms with Gasteiger partial charge in [0.05, 0.1) is 28.1 Å². The molecule has 0 saturated carbocycles.